The number of carbonyl (C=O) groups excluding carboxylic acids is 1. The van der Waals surface area contributed by atoms with Crippen LogP contribution in [0.15, 0.2) is 35.5 Å². The van der Waals surface area contributed by atoms with Gasteiger partial charge in [0.2, 0.25) is 0 Å². The minimum Gasteiger partial charge on any atom is -0.545 e. The molecule has 0 N–H and O–H groups in total. The van der Waals surface area contributed by atoms with Crippen molar-refractivity contribution in [1.29, 1.82) is 0 Å². The van der Waals surface area contributed by atoms with Gasteiger partial charge in [-0.15, -0.1) is 0 Å². The molecule has 0 amide bonds. The number of benzene rings is 1. The first-order chi connectivity index (χ1) is 12.7. The van der Waals surface area contributed by atoms with E-state index in [1.807, 2.05) is 12.1 Å². The van der Waals surface area contributed by atoms with Crippen LogP contribution in [-0.4, -0.2) is 49.4 Å². The lowest BCUT2D eigenvalue weighted by Crippen LogP contribution is -2.37. The van der Waals surface area contributed by atoms with Crippen molar-refractivity contribution in [3.05, 3.63) is 47.2 Å². The van der Waals surface area contributed by atoms with Crippen LogP contribution in [0.2, 0.25) is 0 Å². The van der Waals surface area contributed by atoms with E-state index in [4.69, 9.17) is 9.47 Å². The van der Waals surface area contributed by atoms with Crippen molar-refractivity contribution in [3.63, 3.8) is 0 Å². The van der Waals surface area contributed by atoms with Gasteiger partial charge in [-0.2, -0.15) is 0 Å². The van der Waals surface area contributed by atoms with E-state index in [1.165, 1.54) is 17.8 Å². The lowest BCUT2D eigenvalue weighted by atomic mass is 10.1. The van der Waals surface area contributed by atoms with Crippen LogP contribution in [0.25, 0.3) is 0 Å². The van der Waals surface area contributed by atoms with Crippen LogP contribution in [0, 0.1) is 0 Å². The number of thioether (sulfide) groups is 1. The van der Waals surface area contributed by atoms with Crippen molar-refractivity contribution in [2.24, 2.45) is 0 Å². The molecule has 1 fully saturated rings. The summed E-state index contributed by atoms with van der Waals surface area (Å²) in [4.78, 5) is 22.3. The summed E-state index contributed by atoms with van der Waals surface area (Å²) in [6, 6.07) is 8.67. The maximum atomic E-state index is 11.0. The number of carbonyl (C=O) groups is 1. The standard InChI is InChI=1S/C18H21N3O4S/c1-24-11-15-10-16(21-5-7-25-8-6-21)20-18(19-15)26-12-13-3-2-4-14(9-13)17(22)23/h2-4,9-10H,5-8,11-12H2,1H3,(H,22,23)/p-1. The fourth-order valence-corrected chi connectivity index (χ4v) is 3.45. The summed E-state index contributed by atoms with van der Waals surface area (Å²) >= 11 is 1.46. The highest BCUT2D eigenvalue weighted by Gasteiger charge is 2.15. The average molecular weight is 374 g/mol. The van der Waals surface area contributed by atoms with Crippen LogP contribution in [0.4, 0.5) is 5.82 Å². The van der Waals surface area contributed by atoms with E-state index in [1.54, 1.807) is 19.2 Å². The molecule has 0 atom stereocenters. The van der Waals surface area contributed by atoms with Gasteiger partial charge >= 0.3 is 0 Å². The Kier molecular flexibility index (Phi) is 6.43. The third-order valence-corrected chi connectivity index (χ3v) is 4.82. The van der Waals surface area contributed by atoms with Crippen molar-refractivity contribution in [3.8, 4) is 0 Å². The number of aromatic nitrogens is 2. The number of carboxylic acids is 1. The number of aromatic carboxylic acids is 1. The first-order valence-corrected chi connectivity index (χ1v) is 9.27. The highest BCUT2D eigenvalue weighted by Crippen LogP contribution is 2.24. The van der Waals surface area contributed by atoms with Gasteiger partial charge in [0, 0.05) is 32.0 Å². The molecular formula is C18H20N3O4S-. The fourth-order valence-electron chi connectivity index (χ4n) is 2.64. The zero-order valence-corrected chi connectivity index (χ0v) is 15.3. The highest BCUT2D eigenvalue weighted by molar-refractivity contribution is 7.98. The molecule has 0 unspecified atom stereocenters. The second-order valence-corrected chi connectivity index (χ2v) is 6.75. The van der Waals surface area contributed by atoms with Crippen LogP contribution in [0.5, 0.6) is 0 Å². The zero-order chi connectivity index (χ0) is 18.4. The molecule has 0 aliphatic carbocycles. The fraction of sp³-hybridized carbons (Fsp3) is 0.389. The molecule has 0 bridgehead atoms. The molecule has 7 nitrogen and oxygen atoms in total. The summed E-state index contributed by atoms with van der Waals surface area (Å²) in [6.45, 7) is 3.36. The Hall–Kier alpha value is -2.16. The van der Waals surface area contributed by atoms with Crippen LogP contribution in [-0.2, 0) is 21.8 Å². The van der Waals surface area contributed by atoms with Crippen LogP contribution >= 0.6 is 11.8 Å². The number of rotatable bonds is 7. The molecule has 0 saturated carbocycles. The molecule has 1 aromatic carbocycles. The molecule has 1 aliphatic heterocycles. The molecule has 26 heavy (non-hydrogen) atoms. The van der Waals surface area contributed by atoms with E-state index in [9.17, 15) is 9.90 Å². The molecule has 0 spiro atoms. The number of ether oxygens (including phenoxy) is 2. The third kappa shape index (κ3) is 4.94. The topological polar surface area (TPSA) is 87.6 Å². The van der Waals surface area contributed by atoms with Gasteiger partial charge in [0.25, 0.3) is 0 Å². The number of anilines is 1. The molecule has 1 saturated heterocycles. The highest BCUT2D eigenvalue weighted by atomic mass is 32.2. The maximum absolute atomic E-state index is 11.0. The Morgan fingerprint density at radius 3 is 2.85 bits per heavy atom. The van der Waals surface area contributed by atoms with E-state index in [0.29, 0.717) is 30.7 Å². The molecule has 1 aromatic heterocycles. The first-order valence-electron chi connectivity index (χ1n) is 8.28. The van der Waals surface area contributed by atoms with E-state index >= 15 is 0 Å². The Bertz CT molecular complexity index is 766. The summed E-state index contributed by atoms with van der Waals surface area (Å²) in [7, 11) is 1.63. The Balaban J connectivity index is 1.76. The lowest BCUT2D eigenvalue weighted by molar-refractivity contribution is -0.255. The number of morpholine rings is 1. The summed E-state index contributed by atoms with van der Waals surface area (Å²) in [5.41, 5.74) is 1.87. The van der Waals surface area contributed by atoms with E-state index < -0.39 is 5.97 Å². The van der Waals surface area contributed by atoms with Gasteiger partial charge in [0.1, 0.15) is 5.82 Å². The summed E-state index contributed by atoms with van der Waals surface area (Å²) in [5.74, 6) is 0.256. The van der Waals surface area contributed by atoms with E-state index in [2.05, 4.69) is 14.9 Å². The second-order valence-electron chi connectivity index (χ2n) is 5.81. The normalized spacial score (nSPS) is 14.4. The first kappa shape index (κ1) is 18.6. The Morgan fingerprint density at radius 1 is 1.31 bits per heavy atom. The Morgan fingerprint density at radius 2 is 2.12 bits per heavy atom. The molecule has 2 heterocycles. The predicted molar refractivity (Wildman–Crippen MR) is 96.1 cm³/mol. The molecule has 2 aromatic rings. The van der Waals surface area contributed by atoms with Crippen LogP contribution in [0.3, 0.4) is 0 Å². The molecule has 8 heteroatoms. The minimum atomic E-state index is -1.18. The molecule has 3 rings (SSSR count). The lowest BCUT2D eigenvalue weighted by Gasteiger charge is -2.28. The largest absolute Gasteiger partial charge is 0.545 e. The zero-order valence-electron chi connectivity index (χ0n) is 14.5. The molecule has 138 valence electrons. The Labute approximate surface area is 156 Å². The third-order valence-electron chi connectivity index (χ3n) is 3.90. The summed E-state index contributed by atoms with van der Waals surface area (Å²) < 4.78 is 10.6. The van der Waals surface area contributed by atoms with Gasteiger partial charge in [0.15, 0.2) is 5.16 Å². The van der Waals surface area contributed by atoms with Crippen molar-refractivity contribution >= 4 is 23.5 Å². The summed E-state index contributed by atoms with van der Waals surface area (Å²) in [6.07, 6.45) is 0. The van der Waals surface area contributed by atoms with E-state index in [0.717, 1.165) is 30.2 Å². The monoisotopic (exact) mass is 374 g/mol. The van der Waals surface area contributed by atoms with Crippen LogP contribution < -0.4 is 10.0 Å². The minimum absolute atomic E-state index is 0.172. The van der Waals surface area contributed by atoms with E-state index in [-0.39, 0.29) is 5.56 Å². The van der Waals surface area contributed by atoms with Gasteiger partial charge in [-0.05, 0) is 17.2 Å². The SMILES string of the molecule is COCc1cc(N2CCOCC2)nc(SCc2cccc(C(=O)[O-])c2)n1. The van der Waals surface area contributed by atoms with Crippen molar-refractivity contribution < 1.29 is 19.4 Å². The second kappa shape index (κ2) is 8.98. The maximum Gasteiger partial charge on any atom is 0.190 e. The number of carboxylic acid groups (broad SMARTS) is 1. The van der Waals surface area contributed by atoms with Crippen molar-refractivity contribution in [1.82, 2.24) is 9.97 Å². The molecule has 1 aliphatic rings. The van der Waals surface area contributed by atoms with Crippen LogP contribution in [0.1, 0.15) is 21.6 Å². The molecule has 0 radical (unpaired) electrons. The van der Waals surface area contributed by atoms with Crippen molar-refractivity contribution in [2.45, 2.75) is 17.5 Å². The molecular weight excluding hydrogens is 354 g/mol. The van der Waals surface area contributed by atoms with Gasteiger partial charge in [-0.1, -0.05) is 30.0 Å². The van der Waals surface area contributed by atoms with Gasteiger partial charge in [-0.25, -0.2) is 9.97 Å². The number of methoxy groups -OCH3 is 1. The van der Waals surface area contributed by atoms with Gasteiger partial charge in [0.05, 0.1) is 31.5 Å². The average Bonchev–Trinajstić information content (AvgIpc) is 2.67. The number of hydrogen-bond donors (Lipinski definition) is 0. The number of nitrogens with zero attached hydrogens (tertiary/aromatic N) is 3. The number of hydrogen-bond acceptors (Lipinski definition) is 8. The van der Waals surface area contributed by atoms with Gasteiger partial charge < -0.3 is 24.3 Å². The quantitative estimate of drug-likeness (QED) is 0.526. The van der Waals surface area contributed by atoms with Gasteiger partial charge in [-0.3, -0.25) is 0 Å². The smallest absolute Gasteiger partial charge is 0.190 e. The predicted octanol–water partition coefficient (Wildman–Crippen LogP) is 1.12. The van der Waals surface area contributed by atoms with Crippen molar-refractivity contribution in [2.75, 3.05) is 38.3 Å². The summed E-state index contributed by atoms with van der Waals surface area (Å²) in [5, 5.41) is 11.6.